The molecule has 0 aliphatic carbocycles. The molecule has 0 radical (unpaired) electrons. The zero-order valence-corrected chi connectivity index (χ0v) is 21.6. The summed E-state index contributed by atoms with van der Waals surface area (Å²) in [6, 6.07) is 16.6. The third-order valence-electron chi connectivity index (χ3n) is 6.39. The predicted octanol–water partition coefficient (Wildman–Crippen LogP) is 4.75. The smallest absolute Gasteiger partial charge is 0.204 e. The van der Waals surface area contributed by atoms with E-state index in [-0.39, 0.29) is 23.0 Å². The molecule has 0 saturated carbocycles. The zero-order valence-electron chi connectivity index (χ0n) is 19.9. The molecule has 1 saturated heterocycles. The SMILES string of the molecule is Cc1ccccc1-n1c(-c2ccc(C(C)(C)C)cc2)nn(CN(C)[C@H]2CCS(=O)(=O)C2)c1=S. The first-order chi connectivity index (χ1) is 15.5. The van der Waals surface area contributed by atoms with Crippen LogP contribution in [0, 0.1) is 11.7 Å². The summed E-state index contributed by atoms with van der Waals surface area (Å²) in [7, 11) is -1.01. The van der Waals surface area contributed by atoms with Gasteiger partial charge in [0, 0.05) is 11.6 Å². The van der Waals surface area contributed by atoms with Gasteiger partial charge in [0.1, 0.15) is 0 Å². The summed E-state index contributed by atoms with van der Waals surface area (Å²) < 4.78 is 28.3. The number of nitrogens with zero attached hydrogens (tertiary/aromatic N) is 4. The first-order valence-electron chi connectivity index (χ1n) is 11.2. The number of hydrogen-bond donors (Lipinski definition) is 0. The number of aryl methyl sites for hydroxylation is 1. The quantitative estimate of drug-likeness (QED) is 0.489. The summed E-state index contributed by atoms with van der Waals surface area (Å²) in [5.74, 6) is 1.22. The second kappa shape index (κ2) is 8.81. The molecular weight excluding hydrogens is 452 g/mol. The summed E-state index contributed by atoms with van der Waals surface area (Å²) in [6.07, 6.45) is 0.645. The van der Waals surface area contributed by atoms with Crippen molar-refractivity contribution >= 4 is 22.1 Å². The van der Waals surface area contributed by atoms with Crippen molar-refractivity contribution in [3.8, 4) is 17.1 Å². The maximum atomic E-state index is 12.0. The Hall–Kier alpha value is -2.29. The minimum Gasteiger partial charge on any atom is -0.283 e. The van der Waals surface area contributed by atoms with Gasteiger partial charge in [-0.1, -0.05) is 63.2 Å². The summed E-state index contributed by atoms with van der Waals surface area (Å²) in [5, 5.41) is 4.92. The van der Waals surface area contributed by atoms with Gasteiger partial charge in [-0.25, -0.2) is 13.1 Å². The molecule has 1 aliphatic rings. The zero-order chi connectivity index (χ0) is 24.0. The van der Waals surface area contributed by atoms with Gasteiger partial charge in [-0.15, -0.1) is 5.10 Å². The van der Waals surface area contributed by atoms with Crippen LogP contribution in [-0.4, -0.2) is 52.3 Å². The van der Waals surface area contributed by atoms with Crippen LogP contribution in [0.25, 0.3) is 17.1 Å². The number of aromatic nitrogens is 3. The van der Waals surface area contributed by atoms with Gasteiger partial charge in [0.15, 0.2) is 15.7 Å². The lowest BCUT2D eigenvalue weighted by molar-refractivity contribution is 0.196. The maximum Gasteiger partial charge on any atom is 0.204 e. The fourth-order valence-corrected chi connectivity index (χ4v) is 6.38. The van der Waals surface area contributed by atoms with Gasteiger partial charge < -0.3 is 0 Å². The molecule has 1 aromatic heterocycles. The molecule has 2 heterocycles. The third-order valence-corrected chi connectivity index (χ3v) is 8.54. The molecule has 3 aromatic rings. The number of benzene rings is 2. The Morgan fingerprint density at radius 2 is 1.79 bits per heavy atom. The molecule has 6 nitrogen and oxygen atoms in total. The molecular formula is C25H32N4O2S2. The first kappa shape index (κ1) is 23.9. The van der Waals surface area contributed by atoms with Crippen molar-refractivity contribution in [3.05, 3.63) is 64.4 Å². The summed E-state index contributed by atoms with van der Waals surface area (Å²) >= 11 is 5.90. The predicted molar refractivity (Wildman–Crippen MR) is 136 cm³/mol. The summed E-state index contributed by atoms with van der Waals surface area (Å²) in [6.45, 7) is 9.10. The van der Waals surface area contributed by atoms with E-state index in [0.29, 0.717) is 17.9 Å². The van der Waals surface area contributed by atoms with Crippen LogP contribution in [-0.2, 0) is 21.9 Å². The Morgan fingerprint density at radius 3 is 2.36 bits per heavy atom. The van der Waals surface area contributed by atoms with Crippen LogP contribution in [0.4, 0.5) is 0 Å². The minimum absolute atomic E-state index is 0.0185. The highest BCUT2D eigenvalue weighted by molar-refractivity contribution is 7.91. The van der Waals surface area contributed by atoms with Crippen molar-refractivity contribution in [3.63, 3.8) is 0 Å². The van der Waals surface area contributed by atoms with Crippen LogP contribution >= 0.6 is 12.2 Å². The molecule has 1 atom stereocenters. The highest BCUT2D eigenvalue weighted by atomic mass is 32.2. The van der Waals surface area contributed by atoms with Crippen molar-refractivity contribution in [2.75, 3.05) is 18.6 Å². The van der Waals surface area contributed by atoms with E-state index in [1.165, 1.54) is 5.56 Å². The molecule has 0 N–H and O–H groups in total. The molecule has 2 aromatic carbocycles. The van der Waals surface area contributed by atoms with E-state index in [4.69, 9.17) is 17.3 Å². The molecule has 1 aliphatic heterocycles. The number of para-hydroxylation sites is 1. The highest BCUT2D eigenvalue weighted by Crippen LogP contribution is 2.28. The van der Waals surface area contributed by atoms with E-state index in [0.717, 1.165) is 22.6 Å². The molecule has 8 heteroatoms. The fourth-order valence-electron chi connectivity index (χ4n) is 4.29. The van der Waals surface area contributed by atoms with Crippen molar-refractivity contribution in [1.29, 1.82) is 0 Å². The molecule has 4 rings (SSSR count). The van der Waals surface area contributed by atoms with Crippen molar-refractivity contribution in [2.24, 2.45) is 0 Å². The van der Waals surface area contributed by atoms with Crippen LogP contribution in [0.15, 0.2) is 48.5 Å². The van der Waals surface area contributed by atoms with E-state index in [9.17, 15) is 8.42 Å². The van der Waals surface area contributed by atoms with E-state index < -0.39 is 9.84 Å². The maximum absolute atomic E-state index is 12.0. The Balaban J connectivity index is 1.77. The van der Waals surface area contributed by atoms with E-state index in [1.807, 2.05) is 28.6 Å². The van der Waals surface area contributed by atoms with Gasteiger partial charge in [0.05, 0.1) is 23.9 Å². The van der Waals surface area contributed by atoms with Gasteiger partial charge in [-0.3, -0.25) is 9.47 Å². The second-order valence-corrected chi connectivity index (χ2v) is 12.6. The van der Waals surface area contributed by atoms with Crippen LogP contribution in [0.1, 0.15) is 38.3 Å². The van der Waals surface area contributed by atoms with Gasteiger partial charge in [0.2, 0.25) is 4.77 Å². The van der Waals surface area contributed by atoms with Crippen molar-refractivity contribution in [1.82, 2.24) is 19.2 Å². The van der Waals surface area contributed by atoms with Crippen LogP contribution < -0.4 is 0 Å². The molecule has 0 bridgehead atoms. The fraction of sp³-hybridized carbons (Fsp3) is 0.440. The third kappa shape index (κ3) is 4.98. The second-order valence-electron chi connectivity index (χ2n) is 10.0. The highest BCUT2D eigenvalue weighted by Gasteiger charge is 2.31. The molecule has 0 amide bonds. The number of sulfone groups is 1. The van der Waals surface area contributed by atoms with Crippen LogP contribution in [0.2, 0.25) is 0 Å². The Morgan fingerprint density at radius 1 is 1.12 bits per heavy atom. The topological polar surface area (TPSA) is 60.1 Å². The van der Waals surface area contributed by atoms with E-state index in [2.05, 4.69) is 64.1 Å². The van der Waals surface area contributed by atoms with Crippen molar-refractivity contribution < 1.29 is 8.42 Å². The molecule has 176 valence electrons. The lowest BCUT2D eigenvalue weighted by Crippen LogP contribution is -2.34. The molecule has 0 unspecified atom stereocenters. The van der Waals surface area contributed by atoms with Crippen LogP contribution in [0.5, 0.6) is 0 Å². The minimum atomic E-state index is -2.96. The largest absolute Gasteiger partial charge is 0.283 e. The molecule has 0 spiro atoms. The average Bonchev–Trinajstić information content (AvgIpc) is 3.27. The summed E-state index contributed by atoms with van der Waals surface area (Å²) in [5.41, 5.74) is 4.42. The summed E-state index contributed by atoms with van der Waals surface area (Å²) in [4.78, 5) is 2.04. The lowest BCUT2D eigenvalue weighted by atomic mass is 9.87. The number of hydrogen-bond acceptors (Lipinski definition) is 5. The molecule has 33 heavy (non-hydrogen) atoms. The van der Waals surface area contributed by atoms with Crippen LogP contribution in [0.3, 0.4) is 0 Å². The Bertz CT molecular complexity index is 1320. The van der Waals surface area contributed by atoms with Gasteiger partial charge in [-0.05, 0) is 55.2 Å². The van der Waals surface area contributed by atoms with Crippen molar-refractivity contribution in [2.45, 2.75) is 52.2 Å². The first-order valence-corrected chi connectivity index (χ1v) is 13.5. The monoisotopic (exact) mass is 484 g/mol. The molecule has 1 fully saturated rings. The van der Waals surface area contributed by atoms with Gasteiger partial charge >= 0.3 is 0 Å². The van der Waals surface area contributed by atoms with E-state index in [1.54, 1.807) is 4.68 Å². The average molecular weight is 485 g/mol. The van der Waals surface area contributed by atoms with E-state index >= 15 is 0 Å². The van der Waals surface area contributed by atoms with Gasteiger partial charge in [0.25, 0.3) is 0 Å². The standard InChI is InChI=1S/C25H32N4O2S2/c1-18-8-6-7-9-22(18)29-23(19-10-12-20(13-11-19)25(2,3)4)26-28(24(29)32)17-27(5)21-14-15-33(30,31)16-21/h6-13,21H,14-17H2,1-5H3/t21-/m0/s1. The lowest BCUT2D eigenvalue weighted by Gasteiger charge is -2.22. The normalized spacial score (nSPS) is 18.2. The Kier molecular flexibility index (Phi) is 6.37. The van der Waals surface area contributed by atoms with Gasteiger partial charge in [-0.2, -0.15) is 0 Å². The Labute approximate surface area is 201 Å². The number of rotatable bonds is 5.